The molecule has 9 heteroatoms. The first-order valence-corrected chi connectivity index (χ1v) is 9.31. The Morgan fingerprint density at radius 2 is 1.57 bits per heavy atom. The van der Waals surface area contributed by atoms with Crippen molar-refractivity contribution < 1.29 is 32.6 Å². The lowest BCUT2D eigenvalue weighted by atomic mass is 10.1. The molecule has 0 unspecified atom stereocenters. The molecule has 0 spiro atoms. The Bertz CT molecular complexity index is 844. The molecule has 3 N–H and O–H groups in total. The van der Waals surface area contributed by atoms with Gasteiger partial charge in [-0.1, -0.05) is 30.3 Å². The molecule has 30 heavy (non-hydrogen) atoms. The predicted octanol–water partition coefficient (Wildman–Crippen LogP) is 2.63. The normalized spacial score (nSPS) is 13.4. The van der Waals surface area contributed by atoms with Gasteiger partial charge in [-0.3, -0.25) is 9.59 Å². The van der Waals surface area contributed by atoms with Gasteiger partial charge >= 0.3 is 6.18 Å². The summed E-state index contributed by atoms with van der Waals surface area (Å²) in [6.45, 7) is 1.47. The number of aliphatic hydroxyl groups is 1. The molecule has 2 rings (SSSR count). The van der Waals surface area contributed by atoms with Crippen LogP contribution in [0.25, 0.3) is 0 Å². The van der Waals surface area contributed by atoms with E-state index >= 15 is 0 Å². The summed E-state index contributed by atoms with van der Waals surface area (Å²) in [6, 6.07) is 12.8. The van der Waals surface area contributed by atoms with Gasteiger partial charge < -0.3 is 20.5 Å². The fourth-order valence-corrected chi connectivity index (χ4v) is 2.76. The molecular weight excluding hydrogens is 401 g/mol. The van der Waals surface area contributed by atoms with Crippen LogP contribution < -0.4 is 10.6 Å². The highest BCUT2D eigenvalue weighted by molar-refractivity contribution is 5.96. The summed E-state index contributed by atoms with van der Waals surface area (Å²) in [5.74, 6) is -1.33. The SMILES string of the molecule is CCO[C@H](CNC(=O)c1ccccc1C(F)(F)F)[C@@H](O)CNC(=O)c1ccccc1. The number of halogens is 3. The van der Waals surface area contributed by atoms with Crippen LogP contribution in [0, 0.1) is 0 Å². The molecule has 0 aromatic heterocycles. The largest absolute Gasteiger partial charge is 0.417 e. The van der Waals surface area contributed by atoms with Crippen molar-refractivity contribution in [1.82, 2.24) is 10.6 Å². The number of amides is 2. The van der Waals surface area contributed by atoms with Gasteiger partial charge in [-0.2, -0.15) is 13.2 Å². The van der Waals surface area contributed by atoms with Gasteiger partial charge in [0.1, 0.15) is 6.10 Å². The highest BCUT2D eigenvalue weighted by Gasteiger charge is 2.35. The third-order valence-corrected chi connectivity index (χ3v) is 4.26. The second-order valence-corrected chi connectivity index (χ2v) is 6.39. The van der Waals surface area contributed by atoms with Gasteiger partial charge in [0, 0.05) is 25.3 Å². The molecule has 6 nitrogen and oxygen atoms in total. The van der Waals surface area contributed by atoms with Crippen LogP contribution in [0.4, 0.5) is 13.2 Å². The molecule has 2 aromatic carbocycles. The number of carbonyl (C=O) groups is 2. The highest BCUT2D eigenvalue weighted by Crippen LogP contribution is 2.31. The molecule has 0 aliphatic carbocycles. The minimum Gasteiger partial charge on any atom is -0.388 e. The zero-order chi connectivity index (χ0) is 22.1. The second-order valence-electron chi connectivity index (χ2n) is 6.39. The molecule has 0 aliphatic heterocycles. The Kier molecular flexibility index (Phi) is 8.37. The van der Waals surface area contributed by atoms with Gasteiger partial charge in [0.25, 0.3) is 11.8 Å². The van der Waals surface area contributed by atoms with Crippen molar-refractivity contribution in [2.24, 2.45) is 0 Å². The van der Waals surface area contributed by atoms with Crippen molar-refractivity contribution in [2.45, 2.75) is 25.3 Å². The molecule has 0 heterocycles. The van der Waals surface area contributed by atoms with E-state index < -0.39 is 41.3 Å². The molecule has 0 aliphatic rings. The van der Waals surface area contributed by atoms with Crippen LogP contribution in [0.3, 0.4) is 0 Å². The van der Waals surface area contributed by atoms with Crippen molar-refractivity contribution in [3.8, 4) is 0 Å². The maximum absolute atomic E-state index is 13.1. The fourth-order valence-electron chi connectivity index (χ4n) is 2.76. The van der Waals surface area contributed by atoms with Crippen LogP contribution in [-0.2, 0) is 10.9 Å². The molecule has 162 valence electrons. The maximum atomic E-state index is 13.1. The fraction of sp³-hybridized carbons (Fsp3) is 0.333. The minimum atomic E-state index is -4.67. The highest BCUT2D eigenvalue weighted by atomic mass is 19.4. The van der Waals surface area contributed by atoms with Gasteiger partial charge in [-0.05, 0) is 31.2 Å². The number of benzene rings is 2. The summed E-state index contributed by atoms with van der Waals surface area (Å²) >= 11 is 0. The number of rotatable bonds is 9. The van der Waals surface area contributed by atoms with Crippen molar-refractivity contribution in [2.75, 3.05) is 19.7 Å². The molecule has 0 saturated carbocycles. The summed E-state index contributed by atoms with van der Waals surface area (Å²) in [4.78, 5) is 24.3. The van der Waals surface area contributed by atoms with E-state index in [-0.39, 0.29) is 19.7 Å². The summed E-state index contributed by atoms with van der Waals surface area (Å²) in [7, 11) is 0. The van der Waals surface area contributed by atoms with Crippen LogP contribution in [0.2, 0.25) is 0 Å². The third kappa shape index (κ3) is 6.57. The van der Waals surface area contributed by atoms with E-state index in [4.69, 9.17) is 4.74 Å². The van der Waals surface area contributed by atoms with Crippen molar-refractivity contribution in [3.05, 3.63) is 71.3 Å². The quantitative estimate of drug-likeness (QED) is 0.578. The van der Waals surface area contributed by atoms with Gasteiger partial charge in [-0.25, -0.2) is 0 Å². The van der Waals surface area contributed by atoms with Crippen LogP contribution in [0.1, 0.15) is 33.2 Å². The van der Waals surface area contributed by atoms with Gasteiger partial charge in [-0.15, -0.1) is 0 Å². The molecule has 0 bridgehead atoms. The number of hydrogen-bond donors (Lipinski definition) is 3. The van der Waals surface area contributed by atoms with Gasteiger partial charge in [0.2, 0.25) is 0 Å². The Labute approximate surface area is 172 Å². The molecule has 0 fully saturated rings. The van der Waals surface area contributed by atoms with Crippen molar-refractivity contribution >= 4 is 11.8 Å². The van der Waals surface area contributed by atoms with Crippen molar-refractivity contribution in [1.29, 1.82) is 0 Å². The topological polar surface area (TPSA) is 87.7 Å². The Balaban J connectivity index is 1.97. The number of hydrogen-bond acceptors (Lipinski definition) is 4. The Morgan fingerprint density at radius 3 is 2.20 bits per heavy atom. The maximum Gasteiger partial charge on any atom is 0.417 e. The van der Waals surface area contributed by atoms with Gasteiger partial charge in [0.15, 0.2) is 0 Å². The first kappa shape index (κ1) is 23.4. The summed E-state index contributed by atoms with van der Waals surface area (Å²) in [5, 5.41) is 15.2. The van der Waals surface area contributed by atoms with Crippen LogP contribution >= 0.6 is 0 Å². The smallest absolute Gasteiger partial charge is 0.388 e. The van der Waals surface area contributed by atoms with Crippen LogP contribution in [0.15, 0.2) is 54.6 Å². The lowest BCUT2D eigenvalue weighted by Crippen LogP contribution is -2.46. The summed E-state index contributed by atoms with van der Waals surface area (Å²) < 4.78 is 44.7. The number of carbonyl (C=O) groups excluding carboxylic acids is 2. The van der Waals surface area contributed by atoms with Crippen LogP contribution in [-0.4, -0.2) is 48.8 Å². The number of nitrogens with one attached hydrogen (secondary N) is 2. The average Bonchev–Trinajstić information content (AvgIpc) is 2.74. The molecule has 0 saturated heterocycles. The lowest BCUT2D eigenvalue weighted by Gasteiger charge is -2.24. The third-order valence-electron chi connectivity index (χ3n) is 4.26. The minimum absolute atomic E-state index is 0.159. The Hall–Kier alpha value is -2.91. The van der Waals surface area contributed by atoms with E-state index in [2.05, 4.69) is 10.6 Å². The first-order chi connectivity index (χ1) is 14.2. The zero-order valence-corrected chi connectivity index (χ0v) is 16.3. The molecule has 2 atom stereocenters. The first-order valence-electron chi connectivity index (χ1n) is 9.31. The van der Waals surface area contributed by atoms with E-state index in [1.165, 1.54) is 12.1 Å². The molecule has 0 radical (unpaired) electrons. The molecule has 2 aromatic rings. The molecular formula is C21H23F3N2O4. The van der Waals surface area contributed by atoms with Crippen molar-refractivity contribution in [3.63, 3.8) is 0 Å². The van der Waals surface area contributed by atoms with Gasteiger partial charge in [0.05, 0.1) is 17.2 Å². The number of aliphatic hydroxyl groups excluding tert-OH is 1. The zero-order valence-electron chi connectivity index (χ0n) is 16.3. The predicted molar refractivity (Wildman–Crippen MR) is 104 cm³/mol. The number of ether oxygens (including phenoxy) is 1. The van der Waals surface area contributed by atoms with E-state index in [1.54, 1.807) is 37.3 Å². The van der Waals surface area contributed by atoms with E-state index in [1.807, 2.05) is 0 Å². The van der Waals surface area contributed by atoms with E-state index in [0.29, 0.717) is 5.56 Å². The summed E-state index contributed by atoms with van der Waals surface area (Å²) in [6.07, 6.45) is -6.78. The summed E-state index contributed by atoms with van der Waals surface area (Å²) in [5.41, 5.74) is -1.16. The second kappa shape index (κ2) is 10.7. The van der Waals surface area contributed by atoms with Crippen LogP contribution in [0.5, 0.6) is 0 Å². The van der Waals surface area contributed by atoms with E-state index in [0.717, 1.165) is 12.1 Å². The van der Waals surface area contributed by atoms with E-state index in [9.17, 15) is 27.9 Å². The lowest BCUT2D eigenvalue weighted by molar-refractivity contribution is -0.137. The Morgan fingerprint density at radius 1 is 0.967 bits per heavy atom. The monoisotopic (exact) mass is 424 g/mol. The number of alkyl halides is 3. The average molecular weight is 424 g/mol. The standard InChI is InChI=1S/C21H23F3N2O4/c1-2-30-18(17(27)12-25-19(28)14-8-4-3-5-9-14)13-26-20(29)15-10-6-7-11-16(15)21(22,23)24/h3-11,17-18,27H,2,12-13H2,1H3,(H,25,28)(H,26,29)/t17-,18+/m0/s1. The molecule has 2 amide bonds.